The Bertz CT molecular complexity index is 403. The summed E-state index contributed by atoms with van der Waals surface area (Å²) in [6.45, 7) is 1.47. The Balaban J connectivity index is 2.04. The van der Waals surface area contributed by atoms with E-state index < -0.39 is 0 Å². The molecule has 1 saturated heterocycles. The Morgan fingerprint density at radius 3 is 2.82 bits per heavy atom. The summed E-state index contributed by atoms with van der Waals surface area (Å²) in [5.41, 5.74) is 0.489. The van der Waals surface area contributed by atoms with Gasteiger partial charge in [0.05, 0.1) is 6.10 Å². The second kappa shape index (κ2) is 5.60. The van der Waals surface area contributed by atoms with Crippen molar-refractivity contribution in [2.45, 2.75) is 18.9 Å². The van der Waals surface area contributed by atoms with E-state index in [-0.39, 0.29) is 12.0 Å². The largest absolute Gasteiger partial charge is 0.381 e. The number of aromatic nitrogens is 1. The lowest BCUT2D eigenvalue weighted by Gasteiger charge is -2.31. The average molecular weight is 299 g/mol. The number of halogens is 1. The van der Waals surface area contributed by atoms with Gasteiger partial charge in [0.2, 0.25) is 0 Å². The van der Waals surface area contributed by atoms with E-state index in [2.05, 4.69) is 20.9 Å². The number of amides is 1. The third kappa shape index (κ3) is 2.84. The number of hydrogen-bond acceptors (Lipinski definition) is 3. The van der Waals surface area contributed by atoms with E-state index in [0.29, 0.717) is 5.69 Å². The van der Waals surface area contributed by atoms with Crippen molar-refractivity contribution in [1.29, 1.82) is 0 Å². The van der Waals surface area contributed by atoms with Gasteiger partial charge in [0.25, 0.3) is 5.91 Å². The van der Waals surface area contributed by atoms with Crippen LogP contribution in [0.15, 0.2) is 22.8 Å². The van der Waals surface area contributed by atoms with Gasteiger partial charge in [-0.15, -0.1) is 0 Å². The summed E-state index contributed by atoms with van der Waals surface area (Å²) in [5.74, 6) is -0.00738. The second-order valence-corrected chi connectivity index (χ2v) is 4.92. The van der Waals surface area contributed by atoms with Crippen molar-refractivity contribution in [3.8, 4) is 0 Å². The van der Waals surface area contributed by atoms with Crippen LogP contribution in [0.3, 0.4) is 0 Å². The van der Waals surface area contributed by atoms with Crippen LogP contribution in [0, 0.1) is 0 Å². The van der Waals surface area contributed by atoms with Crippen LogP contribution < -0.4 is 0 Å². The molecular formula is C12H15BrN2O2. The molecule has 0 radical (unpaired) electrons. The number of ether oxygens (including phenoxy) is 1. The van der Waals surface area contributed by atoms with Gasteiger partial charge in [-0.1, -0.05) is 0 Å². The van der Waals surface area contributed by atoms with Gasteiger partial charge in [-0.05, 0) is 40.9 Å². The number of nitrogens with zero attached hydrogens (tertiary/aromatic N) is 2. The molecule has 0 atom stereocenters. The highest BCUT2D eigenvalue weighted by Gasteiger charge is 2.25. The predicted octanol–water partition coefficient (Wildman–Crippen LogP) is 2.10. The Kier molecular flexibility index (Phi) is 4.12. The molecule has 2 rings (SSSR count). The molecule has 0 aliphatic carbocycles. The minimum absolute atomic E-state index is 0.00738. The van der Waals surface area contributed by atoms with Gasteiger partial charge in [-0.2, -0.15) is 0 Å². The molecule has 0 unspecified atom stereocenters. The smallest absolute Gasteiger partial charge is 0.273 e. The molecule has 1 aromatic heterocycles. The molecule has 2 heterocycles. The number of likely N-dealkylation sites (tertiary alicyclic amines) is 1. The van der Waals surface area contributed by atoms with E-state index in [1.807, 2.05) is 11.0 Å². The number of rotatable bonds is 2. The highest BCUT2D eigenvalue weighted by Crippen LogP contribution is 2.19. The lowest BCUT2D eigenvalue weighted by Crippen LogP contribution is -2.41. The lowest BCUT2D eigenvalue weighted by atomic mass is 10.1. The normalized spacial score (nSPS) is 17.2. The molecule has 5 heteroatoms. The van der Waals surface area contributed by atoms with Crippen molar-refractivity contribution in [1.82, 2.24) is 9.88 Å². The first kappa shape index (κ1) is 12.5. The van der Waals surface area contributed by atoms with Gasteiger partial charge in [0.1, 0.15) is 5.69 Å². The van der Waals surface area contributed by atoms with Gasteiger partial charge in [0.15, 0.2) is 0 Å². The van der Waals surface area contributed by atoms with Crippen LogP contribution in [0.5, 0.6) is 0 Å². The second-order valence-electron chi connectivity index (χ2n) is 4.06. The summed E-state index contributed by atoms with van der Waals surface area (Å²) in [4.78, 5) is 18.2. The molecule has 1 fully saturated rings. The fourth-order valence-electron chi connectivity index (χ4n) is 1.99. The summed E-state index contributed by atoms with van der Waals surface area (Å²) in [6, 6.07) is 3.64. The lowest BCUT2D eigenvalue weighted by molar-refractivity contribution is 0.0347. The molecule has 0 aromatic carbocycles. The third-order valence-electron chi connectivity index (χ3n) is 3.02. The van der Waals surface area contributed by atoms with Gasteiger partial charge in [0, 0.05) is 30.9 Å². The molecule has 1 aliphatic heterocycles. The molecule has 0 saturated carbocycles. The van der Waals surface area contributed by atoms with Gasteiger partial charge < -0.3 is 9.64 Å². The van der Waals surface area contributed by atoms with E-state index in [1.54, 1.807) is 19.4 Å². The number of methoxy groups -OCH3 is 1. The quantitative estimate of drug-likeness (QED) is 0.840. The van der Waals surface area contributed by atoms with Crippen LogP contribution in [-0.2, 0) is 4.74 Å². The Labute approximate surface area is 109 Å². The molecule has 4 nitrogen and oxygen atoms in total. The number of hydrogen-bond donors (Lipinski definition) is 0. The van der Waals surface area contributed by atoms with Crippen molar-refractivity contribution >= 4 is 21.8 Å². The van der Waals surface area contributed by atoms with Crippen LogP contribution in [0.4, 0.5) is 0 Å². The molecule has 1 aromatic rings. The first-order valence-electron chi connectivity index (χ1n) is 5.65. The highest BCUT2D eigenvalue weighted by atomic mass is 79.9. The van der Waals surface area contributed by atoms with E-state index in [4.69, 9.17) is 4.74 Å². The standard InChI is InChI=1S/C12H15BrN2O2/c1-17-9-4-7-15(8-5-9)12(16)11-10(13)3-2-6-14-11/h2-3,6,9H,4-5,7-8H2,1H3. The van der Waals surface area contributed by atoms with Crippen molar-refractivity contribution < 1.29 is 9.53 Å². The summed E-state index contributed by atoms with van der Waals surface area (Å²) < 4.78 is 6.03. The van der Waals surface area contributed by atoms with Crippen LogP contribution in [0.1, 0.15) is 23.3 Å². The molecule has 0 spiro atoms. The van der Waals surface area contributed by atoms with Gasteiger partial charge >= 0.3 is 0 Å². The Morgan fingerprint density at radius 1 is 1.53 bits per heavy atom. The maximum atomic E-state index is 12.2. The molecule has 92 valence electrons. The van der Waals surface area contributed by atoms with Gasteiger partial charge in [-0.3, -0.25) is 4.79 Å². The van der Waals surface area contributed by atoms with Crippen LogP contribution in [0.2, 0.25) is 0 Å². The van der Waals surface area contributed by atoms with Crippen molar-refractivity contribution in [3.05, 3.63) is 28.5 Å². The van der Waals surface area contributed by atoms with Crippen molar-refractivity contribution in [2.24, 2.45) is 0 Å². The zero-order valence-corrected chi connectivity index (χ0v) is 11.3. The molecule has 0 N–H and O–H groups in total. The monoisotopic (exact) mass is 298 g/mol. The highest BCUT2D eigenvalue weighted by molar-refractivity contribution is 9.10. The zero-order valence-electron chi connectivity index (χ0n) is 9.73. The van der Waals surface area contributed by atoms with Crippen LogP contribution in [-0.4, -0.2) is 42.1 Å². The fraction of sp³-hybridized carbons (Fsp3) is 0.500. The first-order valence-corrected chi connectivity index (χ1v) is 6.44. The zero-order chi connectivity index (χ0) is 12.3. The van der Waals surface area contributed by atoms with Crippen LogP contribution >= 0.6 is 15.9 Å². The van der Waals surface area contributed by atoms with Gasteiger partial charge in [-0.25, -0.2) is 4.98 Å². The number of piperidine rings is 1. The minimum atomic E-state index is -0.00738. The Morgan fingerprint density at radius 2 is 2.24 bits per heavy atom. The maximum absolute atomic E-state index is 12.2. The molecule has 0 bridgehead atoms. The Hall–Kier alpha value is -0.940. The molecule has 17 heavy (non-hydrogen) atoms. The van der Waals surface area contributed by atoms with Crippen LogP contribution in [0.25, 0.3) is 0 Å². The number of pyridine rings is 1. The fourth-order valence-corrected chi connectivity index (χ4v) is 2.41. The third-order valence-corrected chi connectivity index (χ3v) is 3.66. The van der Waals surface area contributed by atoms with Crippen molar-refractivity contribution in [3.63, 3.8) is 0 Å². The minimum Gasteiger partial charge on any atom is -0.381 e. The topological polar surface area (TPSA) is 42.4 Å². The summed E-state index contributed by atoms with van der Waals surface area (Å²) in [5, 5.41) is 0. The average Bonchev–Trinajstić information content (AvgIpc) is 2.39. The van der Waals surface area contributed by atoms with E-state index in [1.165, 1.54) is 0 Å². The summed E-state index contributed by atoms with van der Waals surface area (Å²) >= 11 is 3.35. The summed E-state index contributed by atoms with van der Waals surface area (Å²) in [6.07, 6.45) is 3.71. The van der Waals surface area contributed by atoms with Crippen molar-refractivity contribution in [2.75, 3.05) is 20.2 Å². The molecule has 1 aliphatic rings. The predicted molar refractivity (Wildman–Crippen MR) is 67.9 cm³/mol. The number of carbonyl (C=O) groups is 1. The SMILES string of the molecule is COC1CCN(C(=O)c2ncccc2Br)CC1. The molecule has 1 amide bonds. The van der Waals surface area contributed by atoms with E-state index in [0.717, 1.165) is 30.4 Å². The molecular weight excluding hydrogens is 284 g/mol. The maximum Gasteiger partial charge on any atom is 0.273 e. The first-order chi connectivity index (χ1) is 8.22. The number of carbonyl (C=O) groups excluding carboxylic acids is 1. The van der Waals surface area contributed by atoms with E-state index >= 15 is 0 Å². The van der Waals surface area contributed by atoms with E-state index in [9.17, 15) is 4.79 Å². The summed E-state index contributed by atoms with van der Waals surface area (Å²) in [7, 11) is 1.72.